The van der Waals surface area contributed by atoms with Gasteiger partial charge in [0.1, 0.15) is 0 Å². The predicted molar refractivity (Wildman–Crippen MR) is 69.6 cm³/mol. The van der Waals surface area contributed by atoms with Crippen molar-refractivity contribution in [1.29, 1.82) is 0 Å². The number of anilines is 2. The van der Waals surface area contributed by atoms with E-state index in [1.807, 2.05) is 11.9 Å². The molecule has 1 atom stereocenters. The fourth-order valence-electron chi connectivity index (χ4n) is 2.24. The van der Waals surface area contributed by atoms with Gasteiger partial charge in [-0.2, -0.15) is 0 Å². The molecule has 1 aromatic carbocycles. The maximum absolute atomic E-state index is 13.5. The third-order valence-electron chi connectivity index (χ3n) is 3.21. The fourth-order valence-corrected chi connectivity index (χ4v) is 2.24. The molecule has 1 heterocycles. The molecule has 1 aliphatic rings. The van der Waals surface area contributed by atoms with Gasteiger partial charge in [0.15, 0.2) is 11.6 Å². The predicted octanol–water partition coefficient (Wildman–Crippen LogP) is 2.03. The van der Waals surface area contributed by atoms with Gasteiger partial charge >= 0.3 is 0 Å². The normalized spacial score (nSPS) is 18.9. The highest BCUT2D eigenvalue weighted by Crippen LogP contribution is 2.31. The number of halogens is 1. The van der Waals surface area contributed by atoms with Crippen LogP contribution in [0.15, 0.2) is 12.1 Å². The van der Waals surface area contributed by atoms with E-state index in [9.17, 15) is 4.39 Å². The molecule has 18 heavy (non-hydrogen) atoms. The van der Waals surface area contributed by atoms with Crippen LogP contribution in [0.25, 0.3) is 0 Å². The van der Waals surface area contributed by atoms with E-state index in [2.05, 4.69) is 0 Å². The van der Waals surface area contributed by atoms with Crippen molar-refractivity contribution in [2.24, 2.45) is 0 Å². The summed E-state index contributed by atoms with van der Waals surface area (Å²) in [7, 11) is 3.36. The molecule has 1 aliphatic heterocycles. The fraction of sp³-hybridized carbons (Fsp3) is 0.538. The van der Waals surface area contributed by atoms with Crippen LogP contribution in [0, 0.1) is 5.82 Å². The molecule has 0 amide bonds. The van der Waals surface area contributed by atoms with Crippen molar-refractivity contribution in [2.75, 3.05) is 37.9 Å². The van der Waals surface area contributed by atoms with Gasteiger partial charge in [0.2, 0.25) is 0 Å². The third-order valence-corrected chi connectivity index (χ3v) is 3.21. The molecule has 0 spiro atoms. The van der Waals surface area contributed by atoms with Crippen LogP contribution in [-0.2, 0) is 4.74 Å². The van der Waals surface area contributed by atoms with Crippen molar-refractivity contribution >= 4 is 11.4 Å². The zero-order valence-electron chi connectivity index (χ0n) is 10.8. The van der Waals surface area contributed by atoms with Gasteiger partial charge in [-0.05, 0) is 12.8 Å². The summed E-state index contributed by atoms with van der Waals surface area (Å²) in [6.45, 7) is 1.57. The number of nitrogens with zero attached hydrogens (tertiary/aromatic N) is 1. The monoisotopic (exact) mass is 254 g/mol. The maximum Gasteiger partial charge on any atom is 0.167 e. The molecule has 100 valence electrons. The van der Waals surface area contributed by atoms with Gasteiger partial charge in [-0.1, -0.05) is 0 Å². The lowest BCUT2D eigenvalue weighted by Crippen LogP contribution is -2.29. The Kier molecular flexibility index (Phi) is 3.91. The van der Waals surface area contributed by atoms with Crippen LogP contribution < -0.4 is 15.4 Å². The molecule has 1 aromatic rings. The van der Waals surface area contributed by atoms with Gasteiger partial charge in [0.05, 0.1) is 24.6 Å². The molecule has 5 heteroatoms. The molecule has 0 aliphatic carbocycles. The van der Waals surface area contributed by atoms with Crippen molar-refractivity contribution in [1.82, 2.24) is 0 Å². The molecule has 1 fully saturated rings. The highest BCUT2D eigenvalue weighted by molar-refractivity contribution is 5.69. The van der Waals surface area contributed by atoms with Crippen LogP contribution in [0.4, 0.5) is 15.8 Å². The van der Waals surface area contributed by atoms with E-state index >= 15 is 0 Å². The summed E-state index contributed by atoms with van der Waals surface area (Å²) < 4.78 is 24.0. The number of nitrogen functional groups attached to an aromatic ring is 1. The van der Waals surface area contributed by atoms with E-state index in [1.165, 1.54) is 13.2 Å². The molecule has 1 saturated heterocycles. The SMILES string of the molecule is COc1cc(N(C)CC2CCCO2)c(N)cc1F. The first-order valence-electron chi connectivity index (χ1n) is 6.07. The number of ether oxygens (including phenoxy) is 2. The van der Waals surface area contributed by atoms with E-state index in [1.54, 1.807) is 6.07 Å². The number of nitrogens with two attached hydrogens (primary N) is 1. The van der Waals surface area contributed by atoms with Crippen molar-refractivity contribution in [3.05, 3.63) is 17.9 Å². The Balaban J connectivity index is 2.15. The highest BCUT2D eigenvalue weighted by atomic mass is 19.1. The smallest absolute Gasteiger partial charge is 0.167 e. The summed E-state index contributed by atoms with van der Waals surface area (Å²) in [5.41, 5.74) is 7.02. The molecule has 2 rings (SSSR count). The van der Waals surface area contributed by atoms with Crippen molar-refractivity contribution < 1.29 is 13.9 Å². The van der Waals surface area contributed by atoms with Crippen LogP contribution in [0.3, 0.4) is 0 Å². The average molecular weight is 254 g/mol. The summed E-state index contributed by atoms with van der Waals surface area (Å²) >= 11 is 0. The van der Waals surface area contributed by atoms with E-state index in [4.69, 9.17) is 15.2 Å². The summed E-state index contributed by atoms with van der Waals surface area (Å²) in [5, 5.41) is 0. The van der Waals surface area contributed by atoms with Crippen LogP contribution in [0.1, 0.15) is 12.8 Å². The molecule has 2 N–H and O–H groups in total. The first kappa shape index (κ1) is 13.0. The van der Waals surface area contributed by atoms with Gasteiger partial charge < -0.3 is 20.1 Å². The van der Waals surface area contributed by atoms with Gasteiger partial charge in [0, 0.05) is 32.3 Å². The molecule has 0 radical (unpaired) electrons. The van der Waals surface area contributed by atoms with E-state index in [0.717, 1.165) is 31.7 Å². The van der Waals surface area contributed by atoms with E-state index < -0.39 is 5.82 Å². The number of methoxy groups -OCH3 is 1. The third kappa shape index (κ3) is 2.67. The van der Waals surface area contributed by atoms with E-state index in [0.29, 0.717) is 5.69 Å². The van der Waals surface area contributed by atoms with Crippen molar-refractivity contribution in [3.63, 3.8) is 0 Å². The number of hydrogen-bond donors (Lipinski definition) is 1. The molecule has 0 aromatic heterocycles. The quantitative estimate of drug-likeness (QED) is 0.835. The standard InChI is InChI=1S/C13H19FN2O2/c1-16(8-9-4-3-5-18-9)12-7-13(17-2)10(14)6-11(12)15/h6-7,9H,3-5,8,15H2,1-2H3. The largest absolute Gasteiger partial charge is 0.494 e. The summed E-state index contributed by atoms with van der Waals surface area (Å²) in [4.78, 5) is 1.98. The number of rotatable bonds is 4. The van der Waals surface area contributed by atoms with Crippen molar-refractivity contribution in [3.8, 4) is 5.75 Å². The van der Waals surface area contributed by atoms with Crippen LogP contribution >= 0.6 is 0 Å². The van der Waals surface area contributed by atoms with Crippen LogP contribution in [0.2, 0.25) is 0 Å². The van der Waals surface area contributed by atoms with Crippen LogP contribution in [-0.4, -0.2) is 33.4 Å². The summed E-state index contributed by atoms with van der Waals surface area (Å²) in [6.07, 6.45) is 2.38. The highest BCUT2D eigenvalue weighted by Gasteiger charge is 2.19. The minimum absolute atomic E-state index is 0.207. The Morgan fingerprint density at radius 2 is 2.33 bits per heavy atom. The first-order chi connectivity index (χ1) is 8.61. The first-order valence-corrected chi connectivity index (χ1v) is 6.07. The molecular weight excluding hydrogens is 235 g/mol. The lowest BCUT2D eigenvalue weighted by Gasteiger charge is -2.24. The second-order valence-corrected chi connectivity index (χ2v) is 4.56. The van der Waals surface area contributed by atoms with Gasteiger partial charge in [-0.15, -0.1) is 0 Å². The summed E-state index contributed by atoms with van der Waals surface area (Å²) in [6, 6.07) is 2.92. The Morgan fingerprint density at radius 1 is 1.56 bits per heavy atom. The summed E-state index contributed by atoms with van der Waals surface area (Å²) in [5.74, 6) is -0.234. The van der Waals surface area contributed by atoms with Crippen LogP contribution in [0.5, 0.6) is 5.75 Å². The molecule has 4 nitrogen and oxygen atoms in total. The Morgan fingerprint density at radius 3 is 2.94 bits per heavy atom. The number of likely N-dealkylation sites (N-methyl/N-ethyl adjacent to an activating group) is 1. The second kappa shape index (κ2) is 5.44. The Labute approximate surface area is 106 Å². The molecule has 1 unspecified atom stereocenters. The minimum Gasteiger partial charge on any atom is -0.494 e. The Bertz CT molecular complexity index is 420. The number of hydrogen-bond acceptors (Lipinski definition) is 4. The van der Waals surface area contributed by atoms with Crippen molar-refractivity contribution in [2.45, 2.75) is 18.9 Å². The lowest BCUT2D eigenvalue weighted by atomic mass is 10.2. The topological polar surface area (TPSA) is 47.7 Å². The minimum atomic E-state index is -0.440. The number of benzene rings is 1. The second-order valence-electron chi connectivity index (χ2n) is 4.56. The Hall–Kier alpha value is -1.49. The van der Waals surface area contributed by atoms with E-state index in [-0.39, 0.29) is 11.9 Å². The van der Waals surface area contributed by atoms with Gasteiger partial charge in [-0.25, -0.2) is 4.39 Å². The zero-order valence-corrected chi connectivity index (χ0v) is 10.8. The lowest BCUT2D eigenvalue weighted by molar-refractivity contribution is 0.116. The molecule has 0 bridgehead atoms. The average Bonchev–Trinajstić information content (AvgIpc) is 2.81. The maximum atomic E-state index is 13.5. The van der Waals surface area contributed by atoms with Gasteiger partial charge in [0.25, 0.3) is 0 Å². The van der Waals surface area contributed by atoms with Gasteiger partial charge in [-0.3, -0.25) is 0 Å². The molecule has 0 saturated carbocycles. The zero-order chi connectivity index (χ0) is 13.1. The molecular formula is C13H19FN2O2.